The van der Waals surface area contributed by atoms with E-state index in [9.17, 15) is 14.4 Å². The van der Waals surface area contributed by atoms with Crippen LogP contribution in [0.25, 0.3) is 0 Å². The normalized spacial score (nSPS) is 12.2. The van der Waals surface area contributed by atoms with Crippen molar-refractivity contribution in [3.63, 3.8) is 0 Å². The summed E-state index contributed by atoms with van der Waals surface area (Å²) in [4.78, 5) is 37.8. The molecule has 1 atom stereocenters. The second kappa shape index (κ2) is 52.3. The summed E-state index contributed by atoms with van der Waals surface area (Å²) >= 11 is 0. The summed E-state index contributed by atoms with van der Waals surface area (Å²) in [5.74, 6) is -0.866. The number of ether oxygens (including phenoxy) is 3. The minimum Gasteiger partial charge on any atom is -0.462 e. The van der Waals surface area contributed by atoms with E-state index in [4.69, 9.17) is 14.2 Å². The van der Waals surface area contributed by atoms with Crippen LogP contribution in [0.15, 0.2) is 36.5 Å². The maximum absolute atomic E-state index is 12.7. The smallest absolute Gasteiger partial charge is 0.306 e. The molecule has 0 rings (SSSR count). The van der Waals surface area contributed by atoms with Gasteiger partial charge in [0, 0.05) is 19.3 Å². The van der Waals surface area contributed by atoms with E-state index >= 15 is 0 Å². The van der Waals surface area contributed by atoms with Gasteiger partial charge < -0.3 is 14.2 Å². The number of unbranched alkanes of at least 4 members (excludes halogenated alkanes) is 33. The lowest BCUT2D eigenvalue weighted by atomic mass is 10.0. The Morgan fingerprint density at radius 3 is 0.889 bits per heavy atom. The van der Waals surface area contributed by atoms with Gasteiger partial charge in [-0.25, -0.2) is 0 Å². The Kier molecular flexibility index (Phi) is 50.3. The molecule has 6 nitrogen and oxygen atoms in total. The van der Waals surface area contributed by atoms with E-state index < -0.39 is 6.10 Å². The van der Waals surface area contributed by atoms with Crippen molar-refractivity contribution in [3.8, 4) is 0 Å². The Balaban J connectivity index is 4.06. The maximum Gasteiger partial charge on any atom is 0.306 e. The maximum atomic E-state index is 12.7. The second-order valence-electron chi connectivity index (χ2n) is 18.5. The number of carbonyl (C=O) groups excluding carboxylic acids is 3. The fourth-order valence-corrected chi connectivity index (χ4v) is 7.98. The van der Waals surface area contributed by atoms with Crippen LogP contribution < -0.4 is 0 Å². The van der Waals surface area contributed by atoms with E-state index in [0.29, 0.717) is 19.3 Å². The van der Waals surface area contributed by atoms with Gasteiger partial charge >= 0.3 is 17.9 Å². The Morgan fingerprint density at radius 2 is 0.571 bits per heavy atom. The zero-order valence-electron chi connectivity index (χ0n) is 42.1. The summed E-state index contributed by atoms with van der Waals surface area (Å²) in [7, 11) is 0. The van der Waals surface area contributed by atoms with Crippen LogP contribution in [0.2, 0.25) is 0 Å². The molecule has 0 aromatic heterocycles. The van der Waals surface area contributed by atoms with Crippen LogP contribution >= 0.6 is 0 Å². The molecular formula is C57H104O6. The molecule has 0 radical (unpaired) electrons. The first-order chi connectivity index (χ1) is 31.0. The van der Waals surface area contributed by atoms with Crippen LogP contribution in [0.5, 0.6) is 0 Å². The summed E-state index contributed by atoms with van der Waals surface area (Å²) in [5, 5.41) is 0. The summed E-state index contributed by atoms with van der Waals surface area (Å²) in [6.07, 6.45) is 61.6. The topological polar surface area (TPSA) is 78.9 Å². The number of hydrogen-bond donors (Lipinski definition) is 0. The molecule has 6 heteroatoms. The SMILES string of the molecule is CCCCCCC/C=C\C/C=C\C/C=C\CCCCCCCCCCCCCCC(=O)OCC(COC(=O)CCCCCCCCCC)OC(=O)CCCCCCCCCCCC. The second-order valence-corrected chi connectivity index (χ2v) is 18.5. The third kappa shape index (κ3) is 50.5. The van der Waals surface area contributed by atoms with Crippen LogP contribution in [-0.2, 0) is 28.6 Å². The number of allylic oxidation sites excluding steroid dienone is 6. The summed E-state index contributed by atoms with van der Waals surface area (Å²) in [6.45, 7) is 6.60. The first kappa shape index (κ1) is 60.6. The molecule has 0 heterocycles. The standard InChI is InChI=1S/C57H104O6/c1-4-7-10-13-16-19-21-22-23-24-25-26-27-28-29-30-31-32-33-34-35-36-37-39-41-44-47-50-56(59)62-53-54(52-61-55(58)49-46-43-40-18-15-12-9-6-3)63-57(60)51-48-45-42-38-20-17-14-11-8-5-2/h21-22,24-25,27-28,54H,4-20,23,26,29-53H2,1-3H3/b22-21-,25-24-,28-27-. The largest absolute Gasteiger partial charge is 0.462 e. The van der Waals surface area contributed by atoms with E-state index in [1.54, 1.807) is 0 Å². The fraction of sp³-hybridized carbons (Fsp3) is 0.842. The first-order valence-corrected chi connectivity index (χ1v) is 27.5. The van der Waals surface area contributed by atoms with Gasteiger partial charge in [-0.1, -0.05) is 250 Å². The van der Waals surface area contributed by atoms with Gasteiger partial charge in [-0.3, -0.25) is 14.4 Å². The molecule has 0 aliphatic heterocycles. The number of hydrogen-bond acceptors (Lipinski definition) is 6. The van der Waals surface area contributed by atoms with Gasteiger partial charge in [0.2, 0.25) is 0 Å². The molecule has 0 saturated heterocycles. The molecular weight excluding hydrogens is 781 g/mol. The van der Waals surface area contributed by atoms with Gasteiger partial charge in [-0.15, -0.1) is 0 Å². The summed E-state index contributed by atoms with van der Waals surface area (Å²) < 4.78 is 16.7. The molecule has 0 N–H and O–H groups in total. The highest BCUT2D eigenvalue weighted by molar-refractivity contribution is 5.71. The van der Waals surface area contributed by atoms with Crippen molar-refractivity contribution in [2.75, 3.05) is 13.2 Å². The highest BCUT2D eigenvalue weighted by Gasteiger charge is 2.19. The average Bonchev–Trinajstić information content (AvgIpc) is 3.28. The van der Waals surface area contributed by atoms with Crippen molar-refractivity contribution in [2.45, 2.75) is 297 Å². The van der Waals surface area contributed by atoms with E-state index in [1.807, 2.05) is 0 Å². The Bertz CT molecular complexity index is 1060. The molecule has 1 unspecified atom stereocenters. The predicted octanol–water partition coefficient (Wildman–Crippen LogP) is 18.1. The van der Waals surface area contributed by atoms with Gasteiger partial charge in [0.1, 0.15) is 13.2 Å². The van der Waals surface area contributed by atoms with Crippen molar-refractivity contribution in [1.29, 1.82) is 0 Å². The molecule has 0 aromatic rings. The van der Waals surface area contributed by atoms with E-state index in [0.717, 1.165) is 70.6 Å². The lowest BCUT2D eigenvalue weighted by molar-refractivity contribution is -0.167. The minimum absolute atomic E-state index is 0.0687. The van der Waals surface area contributed by atoms with E-state index in [2.05, 4.69) is 57.2 Å². The van der Waals surface area contributed by atoms with Gasteiger partial charge in [-0.05, 0) is 57.8 Å². The van der Waals surface area contributed by atoms with Crippen LogP contribution in [0.1, 0.15) is 290 Å². The van der Waals surface area contributed by atoms with Crippen molar-refractivity contribution >= 4 is 17.9 Å². The molecule has 63 heavy (non-hydrogen) atoms. The molecule has 0 aliphatic carbocycles. The zero-order chi connectivity index (χ0) is 45.8. The Morgan fingerprint density at radius 1 is 0.317 bits per heavy atom. The number of rotatable bonds is 50. The molecule has 0 spiro atoms. The van der Waals surface area contributed by atoms with Crippen molar-refractivity contribution in [2.24, 2.45) is 0 Å². The van der Waals surface area contributed by atoms with E-state index in [1.165, 1.54) is 180 Å². The number of esters is 3. The number of carbonyl (C=O) groups is 3. The van der Waals surface area contributed by atoms with Crippen molar-refractivity contribution < 1.29 is 28.6 Å². The van der Waals surface area contributed by atoms with E-state index in [-0.39, 0.29) is 31.1 Å². The fourth-order valence-electron chi connectivity index (χ4n) is 7.98. The summed E-state index contributed by atoms with van der Waals surface area (Å²) in [5.41, 5.74) is 0. The predicted molar refractivity (Wildman–Crippen MR) is 270 cm³/mol. The third-order valence-corrected chi connectivity index (χ3v) is 12.1. The van der Waals surface area contributed by atoms with Crippen LogP contribution in [0.4, 0.5) is 0 Å². The van der Waals surface area contributed by atoms with Crippen LogP contribution in [-0.4, -0.2) is 37.2 Å². The van der Waals surface area contributed by atoms with Crippen LogP contribution in [0.3, 0.4) is 0 Å². The molecule has 0 aromatic carbocycles. The summed E-state index contributed by atoms with van der Waals surface area (Å²) in [6, 6.07) is 0. The highest BCUT2D eigenvalue weighted by atomic mass is 16.6. The monoisotopic (exact) mass is 885 g/mol. The Hall–Kier alpha value is -2.37. The van der Waals surface area contributed by atoms with Crippen molar-refractivity contribution in [1.82, 2.24) is 0 Å². The molecule has 0 bridgehead atoms. The van der Waals surface area contributed by atoms with Gasteiger partial charge in [0.15, 0.2) is 6.10 Å². The minimum atomic E-state index is -0.765. The molecule has 0 amide bonds. The molecule has 0 fully saturated rings. The molecule has 368 valence electrons. The highest BCUT2D eigenvalue weighted by Crippen LogP contribution is 2.16. The average molecular weight is 885 g/mol. The molecule has 0 saturated carbocycles. The Labute approximate surface area is 391 Å². The van der Waals surface area contributed by atoms with Gasteiger partial charge in [0.25, 0.3) is 0 Å². The lowest BCUT2D eigenvalue weighted by Crippen LogP contribution is -2.30. The zero-order valence-corrected chi connectivity index (χ0v) is 42.1. The first-order valence-electron chi connectivity index (χ1n) is 27.5. The third-order valence-electron chi connectivity index (χ3n) is 12.1. The van der Waals surface area contributed by atoms with Crippen molar-refractivity contribution in [3.05, 3.63) is 36.5 Å². The van der Waals surface area contributed by atoms with Crippen LogP contribution in [0, 0.1) is 0 Å². The quantitative estimate of drug-likeness (QED) is 0.0262. The van der Waals surface area contributed by atoms with Gasteiger partial charge in [-0.2, -0.15) is 0 Å². The van der Waals surface area contributed by atoms with Gasteiger partial charge in [0.05, 0.1) is 0 Å². The molecule has 0 aliphatic rings. The lowest BCUT2D eigenvalue weighted by Gasteiger charge is -2.18.